The van der Waals surface area contributed by atoms with Gasteiger partial charge in [-0.1, -0.05) is 58.0 Å². The quantitative estimate of drug-likeness (QED) is 0.592. The first-order valence-electron chi connectivity index (χ1n) is 13.2. The van der Waals surface area contributed by atoms with Gasteiger partial charge in [0.1, 0.15) is 5.54 Å². The Morgan fingerprint density at radius 3 is 2.37 bits per heavy atom. The van der Waals surface area contributed by atoms with Crippen molar-refractivity contribution in [3.8, 4) is 0 Å². The van der Waals surface area contributed by atoms with Crippen LogP contribution < -0.4 is 5.32 Å². The van der Waals surface area contributed by atoms with Gasteiger partial charge in [-0.2, -0.15) is 0 Å². The van der Waals surface area contributed by atoms with Crippen molar-refractivity contribution in [1.29, 1.82) is 0 Å². The minimum absolute atomic E-state index is 0.0162. The van der Waals surface area contributed by atoms with E-state index in [-0.39, 0.29) is 29.9 Å². The lowest BCUT2D eigenvalue weighted by Crippen LogP contribution is -2.61. The Kier molecular flexibility index (Phi) is 6.77. The van der Waals surface area contributed by atoms with E-state index in [9.17, 15) is 14.4 Å². The molecule has 1 aromatic rings. The molecule has 5 atom stereocenters. The van der Waals surface area contributed by atoms with Crippen LogP contribution in [0.1, 0.15) is 78.8 Å². The fraction of sp³-hybridized carbons (Fsp3) is 0.679. The van der Waals surface area contributed by atoms with E-state index in [1.54, 1.807) is 7.05 Å². The van der Waals surface area contributed by atoms with E-state index in [0.717, 1.165) is 31.4 Å². The summed E-state index contributed by atoms with van der Waals surface area (Å²) in [5.74, 6) is 0.425. The highest BCUT2D eigenvalue weighted by molar-refractivity contribution is 6.07. The molecule has 2 aliphatic heterocycles. The van der Waals surface area contributed by atoms with Crippen molar-refractivity contribution in [2.75, 3.05) is 13.6 Å². The summed E-state index contributed by atoms with van der Waals surface area (Å²) in [6, 6.07) is 10.6. The highest BCUT2D eigenvalue weighted by Crippen LogP contribution is 2.54. The zero-order valence-electron chi connectivity index (χ0n) is 22.4. The van der Waals surface area contributed by atoms with Crippen molar-refractivity contribution in [3.05, 3.63) is 35.9 Å². The standard InChI is InChI=1S/C28H42N4O3/c1-8-22-20-16-28(25(34)30(7)26(35)32(28)18(2)3)17-23(20)31(22)15-14-21(19-12-10-9-11-13-19)29-24(33)27(4,5)6/h9-13,18,20-23H,8,14-17H2,1-7H3,(H,29,33)/t20?,21-,22?,23?,28?/m0/s1. The predicted octanol–water partition coefficient (Wildman–Crippen LogP) is 4.19. The number of benzene rings is 1. The van der Waals surface area contributed by atoms with E-state index in [2.05, 4.69) is 29.3 Å². The molecule has 0 aromatic heterocycles. The average Bonchev–Trinajstić information content (AvgIpc) is 3.22. The predicted molar refractivity (Wildman–Crippen MR) is 137 cm³/mol. The summed E-state index contributed by atoms with van der Waals surface area (Å²) in [6.45, 7) is 12.9. The van der Waals surface area contributed by atoms with Gasteiger partial charge in [0, 0.05) is 37.1 Å². The number of rotatable bonds is 7. The van der Waals surface area contributed by atoms with Crippen LogP contribution in [0.25, 0.3) is 0 Å². The molecule has 7 heteroatoms. The van der Waals surface area contributed by atoms with Gasteiger partial charge in [-0.3, -0.25) is 19.4 Å². The second-order valence-corrected chi connectivity index (χ2v) is 12.0. The Hall–Kier alpha value is -2.41. The molecule has 1 spiro atoms. The largest absolute Gasteiger partial charge is 0.349 e. The van der Waals surface area contributed by atoms with Crippen LogP contribution in [-0.4, -0.2) is 69.8 Å². The fourth-order valence-electron chi connectivity index (χ4n) is 6.72. The van der Waals surface area contributed by atoms with Crippen LogP contribution in [0.5, 0.6) is 0 Å². The monoisotopic (exact) mass is 482 g/mol. The van der Waals surface area contributed by atoms with Gasteiger partial charge in [0.05, 0.1) is 6.04 Å². The first kappa shape index (κ1) is 25.7. The van der Waals surface area contributed by atoms with Crippen molar-refractivity contribution >= 4 is 17.8 Å². The number of hydrogen-bond acceptors (Lipinski definition) is 4. The van der Waals surface area contributed by atoms with E-state index < -0.39 is 11.0 Å². The number of imide groups is 1. The summed E-state index contributed by atoms with van der Waals surface area (Å²) in [6.07, 6.45) is 3.27. The Balaban J connectivity index is 1.52. The number of likely N-dealkylation sites (tertiary alicyclic amines) is 1. The molecule has 4 unspecified atom stereocenters. The summed E-state index contributed by atoms with van der Waals surface area (Å²) in [5, 5.41) is 3.28. The molecule has 1 aromatic carbocycles. The minimum Gasteiger partial charge on any atom is -0.349 e. The third-order valence-corrected chi connectivity index (χ3v) is 8.42. The maximum absolute atomic E-state index is 13.3. The zero-order chi connectivity index (χ0) is 25.7. The van der Waals surface area contributed by atoms with Gasteiger partial charge in [0.2, 0.25) is 5.91 Å². The molecule has 2 heterocycles. The highest BCUT2D eigenvalue weighted by atomic mass is 16.2. The number of hydrogen-bond donors (Lipinski definition) is 1. The van der Waals surface area contributed by atoms with Gasteiger partial charge in [-0.05, 0) is 51.0 Å². The lowest BCUT2D eigenvalue weighted by atomic mass is 9.80. The number of fused-ring (bicyclic) bond motifs is 1. The Labute approximate surface area is 210 Å². The molecule has 192 valence electrons. The van der Waals surface area contributed by atoms with Crippen LogP contribution in [0.3, 0.4) is 0 Å². The SMILES string of the molecule is CCC1C2CC3(CC2N1CC[C@H](NC(=O)C(C)(C)C)c1ccccc1)C(=O)N(C)C(=O)N3C(C)C. The highest BCUT2D eigenvalue weighted by Gasteiger charge is 2.67. The molecular weight excluding hydrogens is 440 g/mol. The molecule has 1 N–H and O–H groups in total. The summed E-state index contributed by atoms with van der Waals surface area (Å²) >= 11 is 0. The third kappa shape index (κ3) is 4.26. The fourth-order valence-corrected chi connectivity index (χ4v) is 6.72. The molecule has 4 rings (SSSR count). The molecule has 3 aliphatic rings. The van der Waals surface area contributed by atoms with Gasteiger partial charge < -0.3 is 10.2 Å². The summed E-state index contributed by atoms with van der Waals surface area (Å²) in [7, 11) is 1.62. The Bertz CT molecular complexity index is 972. The van der Waals surface area contributed by atoms with Gasteiger partial charge in [-0.15, -0.1) is 0 Å². The van der Waals surface area contributed by atoms with E-state index >= 15 is 0 Å². The Morgan fingerprint density at radius 1 is 1.14 bits per heavy atom. The molecule has 4 amide bonds. The summed E-state index contributed by atoms with van der Waals surface area (Å²) in [5.41, 5.74) is -0.0563. The second-order valence-electron chi connectivity index (χ2n) is 12.0. The van der Waals surface area contributed by atoms with Crippen molar-refractivity contribution in [2.45, 2.75) is 96.9 Å². The second kappa shape index (κ2) is 9.23. The van der Waals surface area contributed by atoms with Crippen LogP contribution in [0.2, 0.25) is 0 Å². The first-order valence-corrected chi connectivity index (χ1v) is 13.2. The summed E-state index contributed by atoms with van der Waals surface area (Å²) < 4.78 is 0. The van der Waals surface area contributed by atoms with Crippen LogP contribution in [0.4, 0.5) is 4.79 Å². The van der Waals surface area contributed by atoms with E-state index in [4.69, 9.17) is 0 Å². The number of urea groups is 1. The lowest BCUT2D eigenvalue weighted by molar-refractivity contribution is -0.133. The van der Waals surface area contributed by atoms with Gasteiger partial charge in [0.25, 0.3) is 5.91 Å². The number of carbonyl (C=O) groups excluding carboxylic acids is 3. The van der Waals surface area contributed by atoms with Gasteiger partial charge in [0.15, 0.2) is 0 Å². The minimum atomic E-state index is -0.712. The third-order valence-electron chi connectivity index (χ3n) is 8.42. The lowest BCUT2D eigenvalue weighted by Gasteiger charge is -2.53. The van der Waals surface area contributed by atoms with Crippen LogP contribution in [0.15, 0.2) is 30.3 Å². The molecular formula is C28H42N4O3. The number of likely N-dealkylation sites (N-methyl/N-ethyl adjacent to an activating group) is 1. The topological polar surface area (TPSA) is 73.0 Å². The van der Waals surface area contributed by atoms with Gasteiger partial charge >= 0.3 is 6.03 Å². The van der Waals surface area contributed by atoms with Crippen LogP contribution >= 0.6 is 0 Å². The average molecular weight is 483 g/mol. The maximum atomic E-state index is 13.3. The van der Waals surface area contributed by atoms with E-state index in [0.29, 0.717) is 24.4 Å². The molecule has 0 bridgehead atoms. The molecule has 2 saturated heterocycles. The molecule has 0 radical (unpaired) electrons. The molecule has 35 heavy (non-hydrogen) atoms. The molecule has 7 nitrogen and oxygen atoms in total. The van der Waals surface area contributed by atoms with E-state index in [1.807, 2.05) is 57.7 Å². The van der Waals surface area contributed by atoms with Crippen molar-refractivity contribution in [3.63, 3.8) is 0 Å². The zero-order valence-corrected chi connectivity index (χ0v) is 22.4. The number of carbonyl (C=O) groups is 3. The normalized spacial score (nSPS) is 29.7. The number of nitrogens with one attached hydrogen (secondary N) is 1. The Morgan fingerprint density at radius 2 is 1.80 bits per heavy atom. The molecule has 3 fully saturated rings. The van der Waals surface area contributed by atoms with Crippen molar-refractivity contribution < 1.29 is 14.4 Å². The van der Waals surface area contributed by atoms with E-state index in [1.165, 1.54) is 4.90 Å². The smallest absolute Gasteiger partial charge is 0.327 e. The summed E-state index contributed by atoms with van der Waals surface area (Å²) in [4.78, 5) is 44.8. The first-order chi connectivity index (χ1) is 16.4. The molecule has 1 saturated carbocycles. The maximum Gasteiger partial charge on any atom is 0.327 e. The number of amides is 4. The molecule has 1 aliphatic carbocycles. The van der Waals surface area contributed by atoms with Crippen molar-refractivity contribution in [2.24, 2.45) is 11.3 Å². The number of nitrogens with zero attached hydrogens (tertiary/aromatic N) is 3. The van der Waals surface area contributed by atoms with Crippen molar-refractivity contribution in [1.82, 2.24) is 20.0 Å². The van der Waals surface area contributed by atoms with Crippen LogP contribution in [-0.2, 0) is 9.59 Å². The van der Waals surface area contributed by atoms with Gasteiger partial charge in [-0.25, -0.2) is 4.79 Å². The van der Waals surface area contributed by atoms with Crippen LogP contribution in [0, 0.1) is 11.3 Å².